The minimum Gasteiger partial charge on any atom is -0.478 e. The molecule has 1 fully saturated rings. The molecule has 2 N–H and O–H groups in total. The highest BCUT2D eigenvalue weighted by molar-refractivity contribution is 8.18. The predicted molar refractivity (Wildman–Crippen MR) is 100 cm³/mol. The first kappa shape index (κ1) is 17.0. The van der Waals surface area contributed by atoms with E-state index in [1.165, 1.54) is 17.8 Å². The van der Waals surface area contributed by atoms with Crippen LogP contribution in [0.5, 0.6) is 0 Å². The van der Waals surface area contributed by atoms with E-state index in [9.17, 15) is 14.7 Å². The summed E-state index contributed by atoms with van der Waals surface area (Å²) in [5.41, 5.74) is 3.62. The van der Waals surface area contributed by atoms with E-state index in [1.807, 2.05) is 32.0 Å². The number of carboxylic acid groups (broad SMARTS) is 1. The lowest BCUT2D eigenvalue weighted by atomic mass is 10.1. The summed E-state index contributed by atoms with van der Waals surface area (Å²) in [5.74, 6) is -1.31. The van der Waals surface area contributed by atoms with Crippen LogP contribution in [0.25, 0.3) is 6.08 Å². The summed E-state index contributed by atoms with van der Waals surface area (Å²) in [5, 5.41) is 12.5. The number of aryl methyl sites for hydroxylation is 1. The summed E-state index contributed by atoms with van der Waals surface area (Å²) in [6.45, 7) is 3.99. The molecule has 1 saturated heterocycles. The molecule has 126 valence electrons. The number of hydrogen-bond donors (Lipinski definition) is 2. The minimum absolute atomic E-state index is 0.156. The number of carboxylic acids is 1. The van der Waals surface area contributed by atoms with Gasteiger partial charge in [0, 0.05) is 0 Å². The van der Waals surface area contributed by atoms with Crippen molar-refractivity contribution in [3.05, 3.63) is 69.6 Å². The topological polar surface area (TPSA) is 78.8 Å². The highest BCUT2D eigenvalue weighted by atomic mass is 32.2. The van der Waals surface area contributed by atoms with Crippen LogP contribution in [0, 0.1) is 13.8 Å². The number of nitrogens with one attached hydrogen (secondary N) is 1. The Morgan fingerprint density at radius 3 is 2.68 bits per heavy atom. The molecular weight excluding hydrogens is 336 g/mol. The van der Waals surface area contributed by atoms with E-state index in [0.717, 1.165) is 16.8 Å². The highest BCUT2D eigenvalue weighted by Crippen LogP contribution is 2.30. The van der Waals surface area contributed by atoms with E-state index in [-0.39, 0.29) is 11.5 Å². The third-order valence-corrected chi connectivity index (χ3v) is 4.84. The molecule has 0 unspecified atom stereocenters. The first-order chi connectivity index (χ1) is 12.0. The summed E-state index contributed by atoms with van der Waals surface area (Å²) in [6, 6.07) is 12.4. The second-order valence-electron chi connectivity index (χ2n) is 5.59. The molecule has 0 aromatic heterocycles. The fourth-order valence-electron chi connectivity index (χ4n) is 2.41. The van der Waals surface area contributed by atoms with E-state index >= 15 is 0 Å². The van der Waals surface area contributed by atoms with E-state index in [0.29, 0.717) is 15.6 Å². The summed E-state index contributed by atoms with van der Waals surface area (Å²) in [6.07, 6.45) is 1.58. The van der Waals surface area contributed by atoms with Gasteiger partial charge in [-0.2, -0.15) is 0 Å². The van der Waals surface area contributed by atoms with Gasteiger partial charge in [0.15, 0.2) is 5.17 Å². The second-order valence-corrected chi connectivity index (χ2v) is 6.62. The van der Waals surface area contributed by atoms with Crippen LogP contribution < -0.4 is 5.32 Å². The number of aromatic carboxylic acids is 1. The Morgan fingerprint density at radius 2 is 1.92 bits per heavy atom. The van der Waals surface area contributed by atoms with Crippen LogP contribution in [-0.4, -0.2) is 22.2 Å². The predicted octanol–water partition coefficient (Wildman–Crippen LogP) is 3.89. The molecular formula is C19H16N2O3S. The van der Waals surface area contributed by atoms with Crippen molar-refractivity contribution in [2.75, 3.05) is 0 Å². The number of carbonyl (C=O) groups excluding carboxylic acids is 1. The van der Waals surface area contributed by atoms with Gasteiger partial charge in [-0.05, 0) is 60.5 Å². The first-order valence-corrected chi connectivity index (χ1v) is 8.45. The van der Waals surface area contributed by atoms with Gasteiger partial charge in [0.05, 0.1) is 16.2 Å². The first-order valence-electron chi connectivity index (χ1n) is 7.64. The number of carbonyl (C=O) groups is 2. The zero-order valence-corrected chi connectivity index (χ0v) is 14.6. The molecule has 5 nitrogen and oxygen atoms in total. The van der Waals surface area contributed by atoms with Crippen LogP contribution in [-0.2, 0) is 4.79 Å². The minimum atomic E-state index is -1.03. The number of nitrogens with zero attached hydrogens (tertiary/aromatic N) is 1. The summed E-state index contributed by atoms with van der Waals surface area (Å²) < 4.78 is 0. The van der Waals surface area contributed by atoms with Crippen molar-refractivity contribution < 1.29 is 14.7 Å². The second kappa shape index (κ2) is 6.94. The van der Waals surface area contributed by atoms with Crippen molar-refractivity contribution in [2.45, 2.75) is 13.8 Å². The molecule has 1 aliphatic rings. The van der Waals surface area contributed by atoms with E-state index in [4.69, 9.17) is 0 Å². The van der Waals surface area contributed by atoms with Gasteiger partial charge in [-0.3, -0.25) is 4.79 Å². The normalized spacial score (nSPS) is 17.1. The number of amidine groups is 1. The van der Waals surface area contributed by atoms with Crippen molar-refractivity contribution in [2.24, 2.45) is 4.99 Å². The summed E-state index contributed by atoms with van der Waals surface area (Å²) >= 11 is 1.20. The molecule has 2 aromatic carbocycles. The summed E-state index contributed by atoms with van der Waals surface area (Å²) in [4.78, 5) is 28.4. The van der Waals surface area contributed by atoms with Gasteiger partial charge < -0.3 is 10.4 Å². The zero-order chi connectivity index (χ0) is 18.0. The Hall–Kier alpha value is -2.86. The average Bonchev–Trinajstić information content (AvgIpc) is 2.91. The van der Waals surface area contributed by atoms with Crippen LogP contribution >= 0.6 is 11.8 Å². The van der Waals surface area contributed by atoms with Crippen molar-refractivity contribution in [1.29, 1.82) is 0 Å². The highest BCUT2D eigenvalue weighted by Gasteiger charge is 2.24. The third-order valence-electron chi connectivity index (χ3n) is 3.93. The quantitative estimate of drug-likeness (QED) is 0.821. The van der Waals surface area contributed by atoms with Crippen molar-refractivity contribution in [3.8, 4) is 0 Å². The van der Waals surface area contributed by atoms with Gasteiger partial charge in [-0.1, -0.05) is 30.3 Å². The molecule has 6 heteroatoms. The van der Waals surface area contributed by atoms with E-state index < -0.39 is 5.97 Å². The van der Waals surface area contributed by atoms with Crippen molar-refractivity contribution in [3.63, 3.8) is 0 Å². The largest absolute Gasteiger partial charge is 0.478 e. The molecule has 0 saturated carbocycles. The maximum atomic E-state index is 12.2. The van der Waals surface area contributed by atoms with Crippen LogP contribution in [0.2, 0.25) is 0 Å². The fourth-order valence-corrected chi connectivity index (χ4v) is 3.23. The monoisotopic (exact) mass is 352 g/mol. The van der Waals surface area contributed by atoms with Gasteiger partial charge in [0.25, 0.3) is 5.91 Å². The van der Waals surface area contributed by atoms with Crippen LogP contribution in [0.3, 0.4) is 0 Å². The molecule has 1 amide bonds. The molecule has 0 atom stereocenters. The molecule has 1 aliphatic heterocycles. The Balaban J connectivity index is 1.92. The standard InChI is InChI=1S/C19H16N2O3S/c1-11-6-5-9-15(12(11)2)20-19-21-17(22)16(25-19)10-13-7-3-4-8-14(13)18(23)24/h3-10H,1-2H3,(H,23,24)(H,20,21,22)/b16-10+. The fraction of sp³-hybridized carbons (Fsp3) is 0.105. The molecule has 0 bridgehead atoms. The number of aliphatic imine (C=N–C) groups is 1. The maximum absolute atomic E-state index is 12.2. The summed E-state index contributed by atoms with van der Waals surface area (Å²) in [7, 11) is 0. The lowest BCUT2D eigenvalue weighted by molar-refractivity contribution is -0.115. The average molecular weight is 352 g/mol. The van der Waals surface area contributed by atoms with Gasteiger partial charge in [-0.25, -0.2) is 9.79 Å². The Labute approximate surface area is 149 Å². The SMILES string of the molecule is Cc1cccc(N=C2NC(=O)/C(=C\c3ccccc3C(=O)O)S2)c1C. The van der Waals surface area contributed by atoms with Crippen LogP contribution in [0.4, 0.5) is 5.69 Å². The molecule has 2 aromatic rings. The Bertz CT molecular complexity index is 932. The van der Waals surface area contributed by atoms with Gasteiger partial charge >= 0.3 is 5.97 Å². The molecule has 0 aliphatic carbocycles. The molecule has 0 radical (unpaired) electrons. The van der Waals surface area contributed by atoms with Crippen molar-refractivity contribution >= 4 is 40.6 Å². The molecule has 0 spiro atoms. The number of rotatable bonds is 3. The molecule has 3 rings (SSSR count). The van der Waals surface area contributed by atoms with Crippen LogP contribution in [0.15, 0.2) is 52.4 Å². The Morgan fingerprint density at radius 1 is 1.16 bits per heavy atom. The van der Waals surface area contributed by atoms with Crippen molar-refractivity contribution in [1.82, 2.24) is 5.32 Å². The molecule has 1 heterocycles. The number of benzene rings is 2. The number of thioether (sulfide) groups is 1. The molecule has 25 heavy (non-hydrogen) atoms. The Kier molecular flexibility index (Phi) is 4.72. The lowest BCUT2D eigenvalue weighted by Gasteiger charge is -2.04. The van der Waals surface area contributed by atoms with E-state index in [1.54, 1.807) is 24.3 Å². The number of amides is 1. The lowest BCUT2D eigenvalue weighted by Crippen LogP contribution is -2.19. The third kappa shape index (κ3) is 3.64. The smallest absolute Gasteiger partial charge is 0.336 e. The van der Waals surface area contributed by atoms with E-state index in [2.05, 4.69) is 10.3 Å². The van der Waals surface area contributed by atoms with Gasteiger partial charge in [0.2, 0.25) is 0 Å². The number of hydrogen-bond acceptors (Lipinski definition) is 4. The zero-order valence-electron chi connectivity index (χ0n) is 13.7. The maximum Gasteiger partial charge on any atom is 0.336 e. The van der Waals surface area contributed by atoms with Crippen LogP contribution in [0.1, 0.15) is 27.0 Å². The van der Waals surface area contributed by atoms with Gasteiger partial charge in [0.1, 0.15) is 0 Å². The van der Waals surface area contributed by atoms with Gasteiger partial charge in [-0.15, -0.1) is 0 Å².